The first-order valence-electron chi connectivity index (χ1n) is 6.93. The Kier molecular flexibility index (Phi) is 2.72. The summed E-state index contributed by atoms with van der Waals surface area (Å²) in [5.41, 5.74) is 8.27. The number of thiocarbonyl (C=S) groups is 1. The first-order valence-corrected chi connectivity index (χ1v) is 7.33. The molecule has 0 aromatic carbocycles. The summed E-state index contributed by atoms with van der Waals surface area (Å²) in [6.07, 6.45) is 7.41. The Balaban J connectivity index is 1.96. The van der Waals surface area contributed by atoms with Gasteiger partial charge in [-0.2, -0.15) is 0 Å². The molecule has 4 heteroatoms. The van der Waals surface area contributed by atoms with Crippen LogP contribution in [0.25, 0.3) is 0 Å². The van der Waals surface area contributed by atoms with E-state index in [1.165, 1.54) is 19.3 Å². The quantitative estimate of drug-likeness (QED) is 0.843. The summed E-state index contributed by atoms with van der Waals surface area (Å²) in [5, 5.41) is 0. The van der Waals surface area contributed by atoms with Crippen LogP contribution in [0.15, 0.2) is 12.4 Å². The van der Waals surface area contributed by atoms with E-state index in [0.29, 0.717) is 33.3 Å². The number of aromatic nitrogens is 2. The fraction of sp³-hybridized carbons (Fsp3) is 0.667. The van der Waals surface area contributed by atoms with Crippen molar-refractivity contribution in [2.75, 3.05) is 0 Å². The Bertz CT molecular complexity index is 537. The molecule has 0 saturated heterocycles. The lowest BCUT2D eigenvalue weighted by Crippen LogP contribution is -2.29. The van der Waals surface area contributed by atoms with Gasteiger partial charge in [0.1, 0.15) is 10.7 Å². The Morgan fingerprint density at radius 1 is 1.32 bits per heavy atom. The minimum atomic E-state index is 0.336. The van der Waals surface area contributed by atoms with Crippen molar-refractivity contribution in [2.24, 2.45) is 22.5 Å². The molecule has 0 aliphatic heterocycles. The van der Waals surface area contributed by atoms with Crippen LogP contribution in [0.5, 0.6) is 0 Å². The maximum Gasteiger partial charge on any atom is 0.124 e. The van der Waals surface area contributed by atoms with E-state index in [1.54, 1.807) is 6.20 Å². The third-order valence-corrected chi connectivity index (χ3v) is 5.29. The van der Waals surface area contributed by atoms with Crippen LogP contribution in [0.3, 0.4) is 0 Å². The van der Waals surface area contributed by atoms with Gasteiger partial charge in [0.25, 0.3) is 0 Å². The summed E-state index contributed by atoms with van der Waals surface area (Å²) in [5.74, 6) is 1.21. The second-order valence-corrected chi connectivity index (χ2v) is 7.73. The van der Waals surface area contributed by atoms with Crippen LogP contribution in [0.4, 0.5) is 0 Å². The highest BCUT2D eigenvalue weighted by Crippen LogP contribution is 2.67. The van der Waals surface area contributed by atoms with Gasteiger partial charge in [0, 0.05) is 12.1 Å². The maximum absolute atomic E-state index is 5.67. The third-order valence-electron chi connectivity index (χ3n) is 5.08. The summed E-state index contributed by atoms with van der Waals surface area (Å²) in [4.78, 5) is 9.25. The Hall–Kier alpha value is -1.03. The zero-order valence-corrected chi connectivity index (χ0v) is 12.6. The minimum absolute atomic E-state index is 0.336. The molecule has 3 nitrogen and oxygen atoms in total. The standard InChI is InChI=1S/C15H21N3S/c1-14(2)8-15(3)4-9(10(14)5-15)11-6-17-7-12(18-11)13(16)19/h6-7,9-10H,4-5,8H2,1-3H3,(H2,16,19). The van der Waals surface area contributed by atoms with Crippen molar-refractivity contribution in [1.82, 2.24) is 9.97 Å². The van der Waals surface area contributed by atoms with Gasteiger partial charge in [-0.05, 0) is 36.0 Å². The van der Waals surface area contributed by atoms with Gasteiger partial charge in [0.15, 0.2) is 0 Å². The molecule has 3 unspecified atom stereocenters. The Labute approximate surface area is 120 Å². The van der Waals surface area contributed by atoms with E-state index in [4.69, 9.17) is 18.0 Å². The summed E-state index contributed by atoms with van der Waals surface area (Å²) in [7, 11) is 0. The van der Waals surface area contributed by atoms with E-state index in [0.717, 1.165) is 5.69 Å². The molecule has 2 aliphatic rings. The average Bonchev–Trinajstić information content (AvgIpc) is 2.77. The second-order valence-electron chi connectivity index (χ2n) is 7.29. The van der Waals surface area contributed by atoms with E-state index < -0.39 is 0 Å². The molecule has 1 heterocycles. The summed E-state index contributed by atoms with van der Waals surface area (Å²) < 4.78 is 0. The number of nitrogens with two attached hydrogens (primary N) is 1. The highest BCUT2D eigenvalue weighted by atomic mass is 32.1. The van der Waals surface area contributed by atoms with Gasteiger partial charge in [-0.15, -0.1) is 0 Å². The third kappa shape index (κ3) is 2.06. The molecule has 2 bridgehead atoms. The topological polar surface area (TPSA) is 51.8 Å². The van der Waals surface area contributed by atoms with Crippen LogP contribution < -0.4 is 5.73 Å². The van der Waals surface area contributed by atoms with Crippen LogP contribution in [-0.4, -0.2) is 15.0 Å². The highest BCUT2D eigenvalue weighted by Gasteiger charge is 2.57. The van der Waals surface area contributed by atoms with Gasteiger partial charge in [-0.1, -0.05) is 33.0 Å². The minimum Gasteiger partial charge on any atom is -0.388 e. The molecular weight excluding hydrogens is 254 g/mol. The van der Waals surface area contributed by atoms with Crippen molar-refractivity contribution < 1.29 is 0 Å². The van der Waals surface area contributed by atoms with Gasteiger partial charge in [-0.3, -0.25) is 4.98 Å². The normalized spacial score (nSPS) is 35.5. The van der Waals surface area contributed by atoms with Gasteiger partial charge in [-0.25, -0.2) is 4.98 Å². The lowest BCUT2D eigenvalue weighted by molar-refractivity contribution is 0.157. The lowest BCUT2D eigenvalue weighted by atomic mass is 9.67. The summed E-state index contributed by atoms with van der Waals surface area (Å²) in [6.45, 7) is 7.19. The average molecular weight is 275 g/mol. The SMILES string of the molecule is CC12CC(c3cncc(C(N)=S)n3)C(C1)C(C)(C)C2. The van der Waals surface area contributed by atoms with Gasteiger partial charge >= 0.3 is 0 Å². The number of fused-ring (bicyclic) bond motifs is 2. The molecule has 3 rings (SSSR count). The van der Waals surface area contributed by atoms with Crippen LogP contribution in [0.2, 0.25) is 0 Å². The Morgan fingerprint density at radius 3 is 2.63 bits per heavy atom. The molecule has 1 aromatic heterocycles. The highest BCUT2D eigenvalue weighted by molar-refractivity contribution is 7.80. The number of nitrogens with zero attached hydrogens (tertiary/aromatic N) is 2. The molecule has 1 aromatic rings. The zero-order valence-electron chi connectivity index (χ0n) is 11.8. The van der Waals surface area contributed by atoms with Crippen molar-refractivity contribution in [1.29, 1.82) is 0 Å². The van der Waals surface area contributed by atoms with Gasteiger partial charge < -0.3 is 5.73 Å². The van der Waals surface area contributed by atoms with E-state index in [2.05, 4.69) is 30.7 Å². The molecule has 0 spiro atoms. The molecule has 19 heavy (non-hydrogen) atoms. The van der Waals surface area contributed by atoms with E-state index in [-0.39, 0.29) is 0 Å². The Morgan fingerprint density at radius 2 is 2.05 bits per heavy atom. The molecule has 102 valence electrons. The van der Waals surface area contributed by atoms with E-state index >= 15 is 0 Å². The fourth-order valence-corrected chi connectivity index (χ4v) is 4.71. The molecule has 0 amide bonds. The summed E-state index contributed by atoms with van der Waals surface area (Å²) >= 11 is 5.01. The van der Waals surface area contributed by atoms with Gasteiger partial charge in [0.2, 0.25) is 0 Å². The molecule has 0 radical (unpaired) electrons. The second kappa shape index (κ2) is 3.98. The lowest BCUT2D eigenvalue weighted by Gasteiger charge is -2.38. The largest absolute Gasteiger partial charge is 0.388 e. The monoisotopic (exact) mass is 275 g/mol. The van der Waals surface area contributed by atoms with Crippen LogP contribution in [-0.2, 0) is 0 Å². The molecule has 2 N–H and O–H groups in total. The smallest absolute Gasteiger partial charge is 0.124 e. The molecule has 2 fully saturated rings. The van der Waals surface area contributed by atoms with Crippen molar-refractivity contribution in [3.63, 3.8) is 0 Å². The molecular formula is C15H21N3S. The predicted molar refractivity (Wildman–Crippen MR) is 79.9 cm³/mol. The van der Waals surface area contributed by atoms with Crippen molar-refractivity contribution in [3.8, 4) is 0 Å². The van der Waals surface area contributed by atoms with Crippen LogP contribution >= 0.6 is 12.2 Å². The predicted octanol–water partition coefficient (Wildman–Crippen LogP) is 3.04. The molecule has 2 saturated carbocycles. The van der Waals surface area contributed by atoms with Crippen molar-refractivity contribution >= 4 is 17.2 Å². The van der Waals surface area contributed by atoms with E-state index in [1.807, 2.05) is 6.20 Å². The van der Waals surface area contributed by atoms with Crippen LogP contribution in [0.1, 0.15) is 57.3 Å². The number of hydrogen-bond donors (Lipinski definition) is 1. The van der Waals surface area contributed by atoms with Crippen molar-refractivity contribution in [3.05, 3.63) is 23.8 Å². The van der Waals surface area contributed by atoms with Crippen LogP contribution in [0, 0.1) is 16.7 Å². The van der Waals surface area contributed by atoms with E-state index in [9.17, 15) is 0 Å². The fourth-order valence-electron chi connectivity index (χ4n) is 4.62. The number of hydrogen-bond acceptors (Lipinski definition) is 3. The first kappa shape index (κ1) is 13.0. The zero-order chi connectivity index (χ0) is 13.8. The van der Waals surface area contributed by atoms with Crippen molar-refractivity contribution in [2.45, 2.75) is 46.0 Å². The maximum atomic E-state index is 5.67. The molecule has 3 atom stereocenters. The number of rotatable bonds is 2. The summed E-state index contributed by atoms with van der Waals surface area (Å²) in [6, 6.07) is 0. The van der Waals surface area contributed by atoms with Gasteiger partial charge in [0.05, 0.1) is 11.9 Å². The molecule has 2 aliphatic carbocycles. The first-order chi connectivity index (χ1) is 8.81.